The number of nitrogens with one attached hydrogen (secondary N) is 1. The summed E-state index contributed by atoms with van der Waals surface area (Å²) < 4.78 is 5.71. The fourth-order valence-corrected chi connectivity index (χ4v) is 4.04. The molecule has 0 radical (unpaired) electrons. The second-order valence-electron chi connectivity index (χ2n) is 8.52. The first-order valence-corrected chi connectivity index (χ1v) is 10.4. The smallest absolute Gasteiger partial charge is 0.244 e. The SMILES string of the molecule is CC(C)Cc1ccc(-c2[nH]nc3c2[C@H](c2ccc(N(C)C)cc2)C(C#N)=C(N)O3)cc1. The number of allylic oxidation sites excluding steroid dienone is 1. The van der Waals surface area contributed by atoms with E-state index < -0.39 is 0 Å². The van der Waals surface area contributed by atoms with E-state index in [1.807, 2.05) is 43.3 Å². The van der Waals surface area contributed by atoms with Gasteiger partial charge < -0.3 is 15.4 Å². The van der Waals surface area contributed by atoms with Crippen LogP contribution in [0, 0.1) is 17.2 Å². The van der Waals surface area contributed by atoms with Crippen molar-refractivity contribution in [3.63, 3.8) is 0 Å². The molecule has 3 N–H and O–H groups in total. The zero-order chi connectivity index (χ0) is 22.1. The minimum Gasteiger partial charge on any atom is -0.420 e. The summed E-state index contributed by atoms with van der Waals surface area (Å²) in [6, 6.07) is 18.9. The van der Waals surface area contributed by atoms with Gasteiger partial charge in [-0.3, -0.25) is 5.10 Å². The molecule has 0 bridgehead atoms. The minimum atomic E-state index is -0.353. The van der Waals surface area contributed by atoms with Crippen molar-refractivity contribution in [2.45, 2.75) is 26.2 Å². The first kappa shape index (κ1) is 20.5. The number of aromatic amines is 1. The van der Waals surface area contributed by atoms with Gasteiger partial charge in [0.25, 0.3) is 0 Å². The highest BCUT2D eigenvalue weighted by atomic mass is 16.5. The summed E-state index contributed by atoms with van der Waals surface area (Å²) >= 11 is 0. The second-order valence-corrected chi connectivity index (χ2v) is 8.52. The van der Waals surface area contributed by atoms with Crippen molar-refractivity contribution in [3.05, 3.63) is 76.7 Å². The number of H-pyrrole nitrogens is 1. The van der Waals surface area contributed by atoms with Crippen LogP contribution in [0.1, 0.15) is 36.5 Å². The Morgan fingerprint density at radius 2 is 1.81 bits per heavy atom. The van der Waals surface area contributed by atoms with Gasteiger partial charge in [-0.25, -0.2) is 0 Å². The van der Waals surface area contributed by atoms with Crippen LogP contribution in [0.3, 0.4) is 0 Å². The highest BCUT2D eigenvalue weighted by Gasteiger charge is 2.35. The topological polar surface area (TPSA) is 91.0 Å². The van der Waals surface area contributed by atoms with Crippen LogP contribution in [0.4, 0.5) is 5.69 Å². The van der Waals surface area contributed by atoms with Crippen LogP contribution in [0.25, 0.3) is 11.3 Å². The van der Waals surface area contributed by atoms with Crippen LogP contribution in [0.15, 0.2) is 60.0 Å². The number of hydrogen-bond acceptors (Lipinski definition) is 5. The van der Waals surface area contributed by atoms with Gasteiger partial charge in [0.15, 0.2) is 0 Å². The predicted molar refractivity (Wildman–Crippen MR) is 123 cm³/mol. The number of anilines is 1. The first-order valence-electron chi connectivity index (χ1n) is 10.4. The molecule has 1 aliphatic rings. The van der Waals surface area contributed by atoms with Crippen LogP contribution in [0.2, 0.25) is 0 Å². The molecule has 6 nitrogen and oxygen atoms in total. The molecule has 0 saturated heterocycles. The maximum Gasteiger partial charge on any atom is 0.244 e. The van der Waals surface area contributed by atoms with Gasteiger partial charge in [0.05, 0.1) is 17.2 Å². The lowest BCUT2D eigenvalue weighted by molar-refractivity contribution is 0.379. The number of aromatic nitrogens is 2. The largest absolute Gasteiger partial charge is 0.420 e. The van der Waals surface area contributed by atoms with Crippen LogP contribution < -0.4 is 15.4 Å². The Morgan fingerprint density at radius 1 is 1.13 bits per heavy atom. The average molecular weight is 414 g/mol. The molecule has 2 aromatic carbocycles. The fraction of sp³-hybridized carbons (Fsp3) is 0.280. The Morgan fingerprint density at radius 3 is 2.39 bits per heavy atom. The second kappa shape index (κ2) is 8.19. The zero-order valence-corrected chi connectivity index (χ0v) is 18.3. The third-order valence-electron chi connectivity index (χ3n) is 5.57. The summed E-state index contributed by atoms with van der Waals surface area (Å²) in [7, 11) is 3.99. The van der Waals surface area contributed by atoms with Gasteiger partial charge in [0, 0.05) is 25.3 Å². The Labute approximate surface area is 183 Å². The molecule has 0 unspecified atom stereocenters. The standard InChI is InChI=1S/C25H27N5O/c1-15(2)13-16-5-7-18(8-6-16)23-22-21(17-9-11-19(12-10-17)30(3)4)20(14-26)24(27)31-25(22)29-28-23/h5-12,15,21H,13,27H2,1-4H3,(H,28,29)/t21-/m1/s1. The van der Waals surface area contributed by atoms with E-state index in [0.29, 0.717) is 17.4 Å². The quantitative estimate of drug-likeness (QED) is 0.640. The van der Waals surface area contributed by atoms with E-state index in [2.05, 4.69) is 54.4 Å². The van der Waals surface area contributed by atoms with Gasteiger partial charge >= 0.3 is 0 Å². The summed E-state index contributed by atoms with van der Waals surface area (Å²) in [4.78, 5) is 2.04. The number of hydrogen-bond donors (Lipinski definition) is 2. The van der Waals surface area contributed by atoms with E-state index in [1.54, 1.807) is 0 Å². The third kappa shape index (κ3) is 3.87. The van der Waals surface area contributed by atoms with E-state index >= 15 is 0 Å². The third-order valence-corrected chi connectivity index (χ3v) is 5.57. The normalized spacial score (nSPS) is 15.4. The molecule has 4 rings (SSSR count). The van der Waals surface area contributed by atoms with Crippen LogP contribution in [-0.2, 0) is 6.42 Å². The Kier molecular flexibility index (Phi) is 5.43. The Bertz CT molecular complexity index is 1150. The maximum absolute atomic E-state index is 9.87. The summed E-state index contributed by atoms with van der Waals surface area (Å²) in [6.45, 7) is 4.42. The molecular weight excluding hydrogens is 386 g/mol. The molecule has 0 fully saturated rings. The molecule has 31 heavy (non-hydrogen) atoms. The Balaban J connectivity index is 1.81. The molecule has 0 saturated carbocycles. The van der Waals surface area contributed by atoms with Gasteiger partial charge in [-0.15, -0.1) is 5.10 Å². The molecule has 3 aromatic rings. The van der Waals surface area contributed by atoms with E-state index in [4.69, 9.17) is 10.5 Å². The molecule has 1 aromatic heterocycles. The summed E-state index contributed by atoms with van der Waals surface area (Å²) in [5.74, 6) is 0.760. The molecule has 2 heterocycles. The van der Waals surface area contributed by atoms with E-state index in [9.17, 15) is 5.26 Å². The molecule has 0 amide bonds. The molecule has 0 aliphatic carbocycles. The lowest BCUT2D eigenvalue weighted by atomic mass is 9.83. The van der Waals surface area contributed by atoms with E-state index in [-0.39, 0.29) is 11.8 Å². The van der Waals surface area contributed by atoms with Gasteiger partial charge in [-0.1, -0.05) is 50.2 Å². The number of nitrogens with two attached hydrogens (primary N) is 1. The van der Waals surface area contributed by atoms with Crippen molar-refractivity contribution in [1.29, 1.82) is 5.26 Å². The van der Waals surface area contributed by atoms with Crippen molar-refractivity contribution in [2.24, 2.45) is 11.7 Å². The van der Waals surface area contributed by atoms with Crippen molar-refractivity contribution < 1.29 is 4.74 Å². The van der Waals surface area contributed by atoms with Crippen LogP contribution in [-0.4, -0.2) is 24.3 Å². The van der Waals surface area contributed by atoms with E-state index in [1.165, 1.54) is 5.56 Å². The number of fused-ring (bicyclic) bond motifs is 1. The summed E-state index contributed by atoms with van der Waals surface area (Å²) in [5, 5.41) is 17.4. The zero-order valence-electron chi connectivity index (χ0n) is 18.3. The van der Waals surface area contributed by atoms with Crippen molar-refractivity contribution in [3.8, 4) is 23.2 Å². The molecule has 158 valence electrons. The van der Waals surface area contributed by atoms with Crippen molar-refractivity contribution in [2.75, 3.05) is 19.0 Å². The monoisotopic (exact) mass is 413 g/mol. The molecule has 1 atom stereocenters. The minimum absolute atomic E-state index is 0.0991. The number of nitrogens with zero attached hydrogens (tertiary/aromatic N) is 3. The number of nitriles is 1. The number of rotatable bonds is 5. The molecule has 6 heteroatoms. The predicted octanol–water partition coefficient (Wildman–Crippen LogP) is 4.56. The summed E-state index contributed by atoms with van der Waals surface area (Å²) in [5.41, 5.74) is 12.5. The van der Waals surface area contributed by atoms with Gasteiger partial charge in [-0.05, 0) is 35.6 Å². The first-order chi connectivity index (χ1) is 14.9. The molecule has 1 aliphatic heterocycles. The van der Waals surface area contributed by atoms with E-state index in [0.717, 1.165) is 34.5 Å². The molecule has 0 spiro atoms. The Hall–Kier alpha value is -3.72. The van der Waals surface area contributed by atoms with Gasteiger partial charge in [0.2, 0.25) is 11.8 Å². The maximum atomic E-state index is 9.87. The highest BCUT2D eigenvalue weighted by Crippen LogP contribution is 2.45. The van der Waals surface area contributed by atoms with Crippen molar-refractivity contribution in [1.82, 2.24) is 10.2 Å². The summed E-state index contributed by atoms with van der Waals surface area (Å²) in [6.07, 6.45) is 1.03. The van der Waals surface area contributed by atoms with Crippen molar-refractivity contribution >= 4 is 5.69 Å². The lowest BCUT2D eigenvalue weighted by Gasteiger charge is -2.24. The fourth-order valence-electron chi connectivity index (χ4n) is 4.04. The number of benzene rings is 2. The number of ether oxygens (including phenoxy) is 1. The van der Waals surface area contributed by atoms with Gasteiger partial charge in [0.1, 0.15) is 11.6 Å². The average Bonchev–Trinajstić information content (AvgIpc) is 3.16. The van der Waals surface area contributed by atoms with Crippen LogP contribution in [0.5, 0.6) is 5.88 Å². The molecular formula is C25H27N5O. The van der Waals surface area contributed by atoms with Crippen LogP contribution >= 0.6 is 0 Å². The van der Waals surface area contributed by atoms with Gasteiger partial charge in [-0.2, -0.15) is 5.26 Å². The highest BCUT2D eigenvalue weighted by molar-refractivity contribution is 5.71. The lowest BCUT2D eigenvalue weighted by Crippen LogP contribution is -2.21.